The number of anilines is 1. The van der Waals surface area contributed by atoms with Gasteiger partial charge in [-0.3, -0.25) is 4.98 Å². The third kappa shape index (κ3) is 4.00. The molecule has 0 aliphatic carbocycles. The van der Waals surface area contributed by atoms with E-state index in [9.17, 15) is 0 Å². The molecule has 0 fully saturated rings. The second-order valence-electron chi connectivity index (χ2n) is 4.92. The van der Waals surface area contributed by atoms with E-state index in [1.54, 1.807) is 0 Å². The van der Waals surface area contributed by atoms with Crippen LogP contribution in [0, 0.1) is 0 Å². The van der Waals surface area contributed by atoms with E-state index in [1.807, 2.05) is 12.4 Å². The normalized spacial score (nSPS) is 11.2. The molecule has 0 atom stereocenters. The Morgan fingerprint density at radius 2 is 2.00 bits per heavy atom. The van der Waals surface area contributed by atoms with Gasteiger partial charge in [0.05, 0.1) is 0 Å². The van der Waals surface area contributed by atoms with Gasteiger partial charge in [0.1, 0.15) is 0 Å². The van der Waals surface area contributed by atoms with Crippen LogP contribution in [-0.4, -0.2) is 23.6 Å². The second kappa shape index (κ2) is 6.60. The van der Waals surface area contributed by atoms with Crippen LogP contribution in [0.25, 0.3) is 0 Å². The van der Waals surface area contributed by atoms with Crippen molar-refractivity contribution in [3.05, 3.63) is 24.0 Å². The summed E-state index contributed by atoms with van der Waals surface area (Å²) < 4.78 is 0. The van der Waals surface area contributed by atoms with Crippen LogP contribution in [0.15, 0.2) is 18.5 Å². The summed E-state index contributed by atoms with van der Waals surface area (Å²) in [6.07, 6.45) is 3.84. The van der Waals surface area contributed by atoms with E-state index >= 15 is 0 Å². The molecule has 96 valence electrons. The van der Waals surface area contributed by atoms with Gasteiger partial charge >= 0.3 is 0 Å². The number of hydrogen-bond acceptors (Lipinski definition) is 3. The van der Waals surface area contributed by atoms with Crippen LogP contribution >= 0.6 is 0 Å². The summed E-state index contributed by atoms with van der Waals surface area (Å²) in [6.45, 7) is 12.9. The van der Waals surface area contributed by atoms with Crippen LogP contribution < -0.4 is 10.2 Å². The Bertz CT molecular complexity index is 334. The van der Waals surface area contributed by atoms with Gasteiger partial charge in [-0.1, -0.05) is 13.8 Å². The molecule has 0 amide bonds. The Morgan fingerprint density at radius 3 is 2.53 bits per heavy atom. The minimum absolute atomic E-state index is 0.497. The lowest BCUT2D eigenvalue weighted by molar-refractivity contribution is 0.585. The van der Waals surface area contributed by atoms with Crippen LogP contribution in [0.2, 0.25) is 0 Å². The van der Waals surface area contributed by atoms with Gasteiger partial charge in [-0.25, -0.2) is 0 Å². The molecular formula is C14H25N3. The van der Waals surface area contributed by atoms with Gasteiger partial charge in [0.2, 0.25) is 0 Å². The van der Waals surface area contributed by atoms with Crippen LogP contribution in [0.4, 0.5) is 5.69 Å². The molecule has 1 rings (SSSR count). The van der Waals surface area contributed by atoms with Gasteiger partial charge < -0.3 is 10.2 Å². The molecule has 1 heterocycles. The summed E-state index contributed by atoms with van der Waals surface area (Å²) in [4.78, 5) is 6.63. The third-order valence-corrected chi connectivity index (χ3v) is 2.85. The minimum Gasteiger partial charge on any atom is -0.369 e. The monoisotopic (exact) mass is 235 g/mol. The predicted octanol–water partition coefficient (Wildman–Crippen LogP) is 2.81. The summed E-state index contributed by atoms with van der Waals surface area (Å²) in [5.74, 6) is 0. The van der Waals surface area contributed by atoms with Crippen LogP contribution in [-0.2, 0) is 6.54 Å². The quantitative estimate of drug-likeness (QED) is 0.822. The molecule has 0 aromatic carbocycles. The van der Waals surface area contributed by atoms with Gasteiger partial charge in [0.25, 0.3) is 0 Å². The summed E-state index contributed by atoms with van der Waals surface area (Å²) >= 11 is 0. The fraction of sp³-hybridized carbons (Fsp3) is 0.643. The maximum absolute atomic E-state index is 4.23. The largest absolute Gasteiger partial charge is 0.369 e. The van der Waals surface area contributed by atoms with Crippen LogP contribution in [0.3, 0.4) is 0 Å². The van der Waals surface area contributed by atoms with Crippen molar-refractivity contribution < 1.29 is 0 Å². The zero-order chi connectivity index (χ0) is 12.8. The molecule has 0 saturated heterocycles. The van der Waals surface area contributed by atoms with Gasteiger partial charge in [-0.05, 0) is 26.8 Å². The number of pyridine rings is 1. The Kier molecular flexibility index (Phi) is 5.42. The molecule has 0 bridgehead atoms. The first-order valence-corrected chi connectivity index (χ1v) is 6.49. The summed E-state index contributed by atoms with van der Waals surface area (Å²) in [7, 11) is 0. The van der Waals surface area contributed by atoms with Crippen molar-refractivity contribution in [1.82, 2.24) is 10.3 Å². The summed E-state index contributed by atoms with van der Waals surface area (Å²) in [5.41, 5.74) is 2.57. The lowest BCUT2D eigenvalue weighted by atomic mass is 10.1. The smallest absolute Gasteiger partial charge is 0.0445 e. The predicted molar refractivity (Wildman–Crippen MR) is 74.4 cm³/mol. The third-order valence-electron chi connectivity index (χ3n) is 2.85. The van der Waals surface area contributed by atoms with Crippen molar-refractivity contribution in [2.24, 2.45) is 0 Å². The summed E-state index contributed by atoms with van der Waals surface area (Å²) in [5, 5.41) is 3.45. The molecule has 3 heteroatoms. The molecule has 1 N–H and O–H groups in total. The zero-order valence-corrected chi connectivity index (χ0v) is 11.7. The average Bonchev–Trinajstić information content (AvgIpc) is 2.28. The lowest BCUT2D eigenvalue weighted by Gasteiger charge is -2.29. The standard InChI is InChI=1S/C14H25N3/c1-6-17(12(4)5)14-7-8-15-9-13(14)10-16-11(2)3/h7-9,11-12,16H,6,10H2,1-5H3. The topological polar surface area (TPSA) is 28.2 Å². The number of nitrogens with zero attached hydrogens (tertiary/aromatic N) is 2. The maximum Gasteiger partial charge on any atom is 0.0445 e. The minimum atomic E-state index is 0.497. The van der Waals surface area contributed by atoms with E-state index in [4.69, 9.17) is 0 Å². The molecule has 0 spiro atoms. The highest BCUT2D eigenvalue weighted by molar-refractivity contribution is 5.52. The molecule has 1 aromatic heterocycles. The molecule has 0 radical (unpaired) electrons. The first-order valence-electron chi connectivity index (χ1n) is 6.49. The van der Waals surface area contributed by atoms with Gasteiger partial charge in [-0.2, -0.15) is 0 Å². The molecular weight excluding hydrogens is 210 g/mol. The van der Waals surface area contributed by atoms with Crippen LogP contribution in [0.1, 0.15) is 40.2 Å². The average molecular weight is 235 g/mol. The van der Waals surface area contributed by atoms with E-state index in [0.29, 0.717) is 12.1 Å². The van der Waals surface area contributed by atoms with E-state index in [2.05, 4.69) is 55.9 Å². The SMILES string of the molecule is CCN(c1ccncc1CNC(C)C)C(C)C. The van der Waals surface area contributed by atoms with E-state index < -0.39 is 0 Å². The van der Waals surface area contributed by atoms with Crippen molar-refractivity contribution in [2.75, 3.05) is 11.4 Å². The van der Waals surface area contributed by atoms with E-state index in [-0.39, 0.29) is 0 Å². The Balaban J connectivity index is 2.89. The Hall–Kier alpha value is -1.09. The van der Waals surface area contributed by atoms with Gasteiger partial charge in [0, 0.05) is 48.8 Å². The molecule has 0 aliphatic heterocycles. The van der Waals surface area contributed by atoms with Crippen molar-refractivity contribution >= 4 is 5.69 Å². The highest BCUT2D eigenvalue weighted by Crippen LogP contribution is 2.21. The fourth-order valence-corrected chi connectivity index (χ4v) is 1.96. The van der Waals surface area contributed by atoms with Crippen LogP contribution in [0.5, 0.6) is 0 Å². The molecule has 0 aliphatic rings. The molecule has 17 heavy (non-hydrogen) atoms. The second-order valence-corrected chi connectivity index (χ2v) is 4.92. The van der Waals surface area contributed by atoms with Crippen molar-refractivity contribution in [3.8, 4) is 0 Å². The number of aromatic nitrogens is 1. The van der Waals surface area contributed by atoms with E-state index in [0.717, 1.165) is 13.1 Å². The summed E-state index contributed by atoms with van der Waals surface area (Å²) in [6, 6.07) is 3.12. The van der Waals surface area contributed by atoms with Crippen molar-refractivity contribution in [1.29, 1.82) is 0 Å². The molecule has 0 unspecified atom stereocenters. The first kappa shape index (κ1) is 14.0. The Labute approximate surface area is 105 Å². The van der Waals surface area contributed by atoms with Gasteiger partial charge in [0.15, 0.2) is 0 Å². The molecule has 0 saturated carbocycles. The van der Waals surface area contributed by atoms with Gasteiger partial charge in [-0.15, -0.1) is 0 Å². The van der Waals surface area contributed by atoms with Crippen molar-refractivity contribution in [2.45, 2.75) is 53.2 Å². The highest BCUT2D eigenvalue weighted by Gasteiger charge is 2.12. The van der Waals surface area contributed by atoms with E-state index in [1.165, 1.54) is 11.3 Å². The highest BCUT2D eigenvalue weighted by atomic mass is 15.2. The number of rotatable bonds is 6. The Morgan fingerprint density at radius 1 is 1.29 bits per heavy atom. The molecule has 3 nitrogen and oxygen atoms in total. The zero-order valence-electron chi connectivity index (χ0n) is 11.7. The lowest BCUT2D eigenvalue weighted by Crippen LogP contribution is -2.32. The number of hydrogen-bond donors (Lipinski definition) is 1. The maximum atomic E-state index is 4.23. The number of nitrogens with one attached hydrogen (secondary N) is 1. The van der Waals surface area contributed by atoms with Crippen molar-refractivity contribution in [3.63, 3.8) is 0 Å². The molecule has 1 aromatic rings. The fourth-order valence-electron chi connectivity index (χ4n) is 1.96. The first-order chi connectivity index (χ1) is 8.06.